The monoisotopic (exact) mass is 439 g/mol. The van der Waals surface area contributed by atoms with E-state index < -0.39 is 0 Å². The second-order valence-corrected chi connectivity index (χ2v) is 8.73. The lowest BCUT2D eigenvalue weighted by atomic mass is 9.99. The van der Waals surface area contributed by atoms with Crippen molar-refractivity contribution in [3.63, 3.8) is 0 Å². The number of rotatable bonds is 5. The van der Waals surface area contributed by atoms with Gasteiger partial charge >= 0.3 is 0 Å². The SMILES string of the molecule is CN1CCN(C(=O)c2ccc(-c3cnc4[nH]cc(-c5cccc(CCN)c5)c4c3)cc2)CC1. The number of aromatic amines is 1. The lowest BCUT2D eigenvalue weighted by molar-refractivity contribution is 0.0664. The van der Waals surface area contributed by atoms with Gasteiger partial charge in [0.2, 0.25) is 0 Å². The highest BCUT2D eigenvalue weighted by molar-refractivity contribution is 5.97. The van der Waals surface area contributed by atoms with E-state index in [-0.39, 0.29) is 5.91 Å². The lowest BCUT2D eigenvalue weighted by Gasteiger charge is -2.32. The van der Waals surface area contributed by atoms with Gasteiger partial charge in [-0.2, -0.15) is 0 Å². The summed E-state index contributed by atoms with van der Waals surface area (Å²) in [5.41, 5.74) is 12.9. The molecule has 3 heterocycles. The Kier molecular flexibility index (Phi) is 5.94. The number of nitrogens with two attached hydrogens (primary N) is 1. The standard InChI is InChI=1S/C27H29N5O/c1-31-11-13-32(14-12-31)27(33)21-7-5-20(6-8-21)23-16-24-25(18-30-26(24)29-17-23)22-4-2-3-19(15-22)9-10-28/h2-8,15-18H,9-14,28H2,1H3,(H,29,30). The maximum absolute atomic E-state index is 12.9. The number of amides is 1. The van der Waals surface area contributed by atoms with Gasteiger partial charge in [0.05, 0.1) is 0 Å². The van der Waals surface area contributed by atoms with Crippen molar-refractivity contribution in [2.24, 2.45) is 5.73 Å². The molecule has 0 spiro atoms. The molecule has 1 fully saturated rings. The van der Waals surface area contributed by atoms with Gasteiger partial charge in [-0.15, -0.1) is 0 Å². The zero-order chi connectivity index (χ0) is 22.8. The van der Waals surface area contributed by atoms with Crippen molar-refractivity contribution < 1.29 is 4.79 Å². The average molecular weight is 440 g/mol. The van der Waals surface area contributed by atoms with Crippen LogP contribution in [0.4, 0.5) is 0 Å². The molecule has 4 aromatic rings. The molecule has 0 bridgehead atoms. The number of hydrogen-bond acceptors (Lipinski definition) is 4. The summed E-state index contributed by atoms with van der Waals surface area (Å²) in [6.45, 7) is 4.03. The number of pyridine rings is 1. The number of H-pyrrole nitrogens is 1. The van der Waals surface area contributed by atoms with E-state index in [9.17, 15) is 4.79 Å². The lowest BCUT2D eigenvalue weighted by Crippen LogP contribution is -2.47. The zero-order valence-electron chi connectivity index (χ0n) is 18.9. The van der Waals surface area contributed by atoms with E-state index in [0.29, 0.717) is 6.54 Å². The molecule has 1 aliphatic rings. The van der Waals surface area contributed by atoms with Gasteiger partial charge in [0, 0.05) is 60.6 Å². The number of nitrogens with one attached hydrogen (secondary N) is 1. The summed E-state index contributed by atoms with van der Waals surface area (Å²) in [5.74, 6) is 0.105. The minimum absolute atomic E-state index is 0.105. The van der Waals surface area contributed by atoms with Gasteiger partial charge in [-0.1, -0.05) is 36.4 Å². The van der Waals surface area contributed by atoms with Crippen molar-refractivity contribution in [2.45, 2.75) is 6.42 Å². The van der Waals surface area contributed by atoms with Crippen LogP contribution in [-0.4, -0.2) is 65.4 Å². The number of carbonyl (C=O) groups excluding carboxylic acids is 1. The number of fused-ring (bicyclic) bond motifs is 1. The van der Waals surface area contributed by atoms with Crippen molar-refractivity contribution >= 4 is 16.9 Å². The molecule has 3 N–H and O–H groups in total. The summed E-state index contributed by atoms with van der Waals surface area (Å²) in [7, 11) is 2.09. The maximum Gasteiger partial charge on any atom is 0.253 e. The Labute approximate surface area is 194 Å². The number of carbonyl (C=O) groups is 1. The average Bonchev–Trinajstić information content (AvgIpc) is 3.28. The van der Waals surface area contributed by atoms with E-state index in [1.165, 1.54) is 5.56 Å². The van der Waals surface area contributed by atoms with Crippen molar-refractivity contribution in [2.75, 3.05) is 39.8 Å². The minimum Gasteiger partial charge on any atom is -0.346 e. The van der Waals surface area contributed by atoms with Crippen LogP contribution < -0.4 is 5.73 Å². The van der Waals surface area contributed by atoms with E-state index in [1.54, 1.807) is 0 Å². The Morgan fingerprint density at radius 3 is 2.55 bits per heavy atom. The van der Waals surface area contributed by atoms with Gasteiger partial charge in [0.25, 0.3) is 5.91 Å². The molecular weight excluding hydrogens is 410 g/mol. The van der Waals surface area contributed by atoms with Gasteiger partial charge < -0.3 is 20.5 Å². The van der Waals surface area contributed by atoms with Crippen LogP contribution in [0.1, 0.15) is 15.9 Å². The largest absolute Gasteiger partial charge is 0.346 e. The Balaban J connectivity index is 1.42. The third kappa shape index (κ3) is 4.40. The maximum atomic E-state index is 12.9. The summed E-state index contributed by atoms with van der Waals surface area (Å²) >= 11 is 0. The Morgan fingerprint density at radius 2 is 1.79 bits per heavy atom. The molecule has 5 rings (SSSR count). The fourth-order valence-corrected chi connectivity index (χ4v) is 4.46. The first-order valence-electron chi connectivity index (χ1n) is 11.5. The Hall–Kier alpha value is -3.48. The van der Waals surface area contributed by atoms with E-state index in [4.69, 9.17) is 5.73 Å². The number of nitrogens with zero attached hydrogens (tertiary/aromatic N) is 3. The molecule has 33 heavy (non-hydrogen) atoms. The predicted octanol–water partition coefficient (Wildman–Crippen LogP) is 3.79. The summed E-state index contributed by atoms with van der Waals surface area (Å²) in [6.07, 6.45) is 4.75. The first-order valence-corrected chi connectivity index (χ1v) is 11.5. The molecule has 0 aliphatic carbocycles. The molecular formula is C27H29N5O. The molecule has 1 saturated heterocycles. The van der Waals surface area contributed by atoms with Gasteiger partial charge in [-0.25, -0.2) is 4.98 Å². The number of hydrogen-bond donors (Lipinski definition) is 2. The zero-order valence-corrected chi connectivity index (χ0v) is 18.9. The third-order valence-corrected chi connectivity index (χ3v) is 6.46. The summed E-state index contributed by atoms with van der Waals surface area (Å²) < 4.78 is 0. The fourth-order valence-electron chi connectivity index (χ4n) is 4.46. The van der Waals surface area contributed by atoms with Crippen LogP contribution in [0.2, 0.25) is 0 Å². The summed E-state index contributed by atoms with van der Waals surface area (Å²) in [6, 6.07) is 18.5. The molecule has 0 atom stereocenters. The Morgan fingerprint density at radius 1 is 1.00 bits per heavy atom. The molecule has 0 saturated carbocycles. The van der Waals surface area contributed by atoms with Crippen LogP contribution in [0.25, 0.3) is 33.3 Å². The summed E-state index contributed by atoms with van der Waals surface area (Å²) in [4.78, 5) is 25.0. The first kappa shape index (κ1) is 21.4. The molecule has 2 aromatic carbocycles. The van der Waals surface area contributed by atoms with Crippen LogP contribution in [0.3, 0.4) is 0 Å². The number of piperazine rings is 1. The van der Waals surface area contributed by atoms with Crippen molar-refractivity contribution in [3.05, 3.63) is 78.1 Å². The van der Waals surface area contributed by atoms with Gasteiger partial charge in [0.15, 0.2) is 0 Å². The topological polar surface area (TPSA) is 78.2 Å². The first-order chi connectivity index (χ1) is 16.1. The van der Waals surface area contributed by atoms with Crippen molar-refractivity contribution in [1.29, 1.82) is 0 Å². The second-order valence-electron chi connectivity index (χ2n) is 8.73. The molecule has 0 unspecified atom stereocenters. The number of benzene rings is 2. The smallest absolute Gasteiger partial charge is 0.253 e. The highest BCUT2D eigenvalue weighted by Gasteiger charge is 2.20. The third-order valence-electron chi connectivity index (χ3n) is 6.46. The van der Waals surface area contributed by atoms with E-state index in [2.05, 4.69) is 52.2 Å². The second kappa shape index (κ2) is 9.17. The van der Waals surface area contributed by atoms with Crippen molar-refractivity contribution in [1.82, 2.24) is 19.8 Å². The van der Waals surface area contributed by atoms with Crippen LogP contribution in [0.5, 0.6) is 0 Å². The molecule has 6 nitrogen and oxygen atoms in total. The fraction of sp³-hybridized carbons (Fsp3) is 0.259. The molecule has 168 valence electrons. The molecule has 1 aliphatic heterocycles. The molecule has 6 heteroatoms. The van der Waals surface area contributed by atoms with E-state index >= 15 is 0 Å². The van der Waals surface area contributed by atoms with Crippen LogP contribution in [-0.2, 0) is 6.42 Å². The number of likely N-dealkylation sites (N-methyl/N-ethyl adjacent to an activating group) is 1. The highest BCUT2D eigenvalue weighted by atomic mass is 16.2. The van der Waals surface area contributed by atoms with Gasteiger partial charge in [-0.05, 0) is 54.9 Å². The highest BCUT2D eigenvalue weighted by Crippen LogP contribution is 2.31. The predicted molar refractivity (Wildman–Crippen MR) is 133 cm³/mol. The summed E-state index contributed by atoms with van der Waals surface area (Å²) in [5, 5.41) is 1.08. The molecule has 1 amide bonds. The van der Waals surface area contributed by atoms with E-state index in [0.717, 1.165) is 71.5 Å². The molecule has 2 aromatic heterocycles. The van der Waals surface area contributed by atoms with Crippen LogP contribution in [0, 0.1) is 0 Å². The number of aromatic nitrogens is 2. The Bertz CT molecular complexity index is 1270. The van der Waals surface area contributed by atoms with Crippen LogP contribution >= 0.6 is 0 Å². The normalized spacial score (nSPS) is 14.7. The quantitative estimate of drug-likeness (QED) is 0.496. The van der Waals surface area contributed by atoms with Gasteiger partial charge in [-0.3, -0.25) is 4.79 Å². The van der Waals surface area contributed by atoms with Gasteiger partial charge in [0.1, 0.15) is 5.65 Å². The van der Waals surface area contributed by atoms with Crippen molar-refractivity contribution in [3.8, 4) is 22.3 Å². The molecule has 0 radical (unpaired) electrons. The van der Waals surface area contributed by atoms with E-state index in [1.807, 2.05) is 41.6 Å². The minimum atomic E-state index is 0.105. The van der Waals surface area contributed by atoms with Crippen LogP contribution in [0.15, 0.2) is 67.0 Å².